The summed E-state index contributed by atoms with van der Waals surface area (Å²) in [6.45, 7) is 6.84. The molecule has 3 rings (SSSR count). The minimum Gasteiger partial charge on any atom is -0.343 e. The van der Waals surface area contributed by atoms with Crippen LogP contribution < -0.4 is 5.56 Å². The number of hydrogen-bond acceptors (Lipinski definition) is 5. The number of amides is 2. The fourth-order valence-electron chi connectivity index (χ4n) is 3.17. The Kier molecular flexibility index (Phi) is 4.40. The van der Waals surface area contributed by atoms with Gasteiger partial charge in [-0.05, 0) is 0 Å². The lowest BCUT2D eigenvalue weighted by molar-refractivity contribution is -0.142. The molecular formula is C16H23N5O3. The van der Waals surface area contributed by atoms with Crippen molar-refractivity contribution in [2.45, 2.75) is 25.8 Å². The van der Waals surface area contributed by atoms with E-state index in [2.05, 4.69) is 14.9 Å². The molecule has 0 unspecified atom stereocenters. The normalized spacial score (nSPS) is 22.0. The van der Waals surface area contributed by atoms with E-state index in [4.69, 9.17) is 0 Å². The van der Waals surface area contributed by atoms with Gasteiger partial charge in [0.1, 0.15) is 17.4 Å². The Balaban J connectivity index is 1.79. The van der Waals surface area contributed by atoms with E-state index in [0.717, 1.165) is 6.54 Å². The molecule has 1 aromatic rings. The number of aromatic amines is 1. The van der Waals surface area contributed by atoms with Gasteiger partial charge in [-0.15, -0.1) is 0 Å². The van der Waals surface area contributed by atoms with Crippen molar-refractivity contribution in [2.75, 3.05) is 39.8 Å². The zero-order chi connectivity index (χ0) is 17.4. The minimum absolute atomic E-state index is 0.0286. The Morgan fingerprint density at radius 3 is 2.62 bits per heavy atom. The number of H-pyrrole nitrogens is 1. The number of fused-ring (bicyclic) bond motifs is 1. The monoisotopic (exact) mass is 333 g/mol. The molecule has 8 heteroatoms. The van der Waals surface area contributed by atoms with Crippen molar-refractivity contribution in [3.8, 4) is 0 Å². The van der Waals surface area contributed by atoms with Crippen LogP contribution in [0.1, 0.15) is 35.9 Å². The van der Waals surface area contributed by atoms with Crippen LogP contribution in [-0.2, 0) is 4.79 Å². The van der Waals surface area contributed by atoms with E-state index in [9.17, 15) is 14.4 Å². The van der Waals surface area contributed by atoms with Gasteiger partial charge in [-0.3, -0.25) is 19.3 Å². The van der Waals surface area contributed by atoms with Crippen molar-refractivity contribution in [3.63, 3.8) is 0 Å². The first-order valence-corrected chi connectivity index (χ1v) is 8.26. The van der Waals surface area contributed by atoms with Gasteiger partial charge in [0.25, 0.3) is 11.5 Å². The van der Waals surface area contributed by atoms with Crippen LogP contribution in [-0.4, -0.2) is 82.3 Å². The predicted molar refractivity (Wildman–Crippen MR) is 87.8 cm³/mol. The SMILES string of the molecule is CC(C)c1ncc(C(=O)N2CCN3CCN(C)C(=O)[C@@H]3C2)c(=O)[nH]1. The highest BCUT2D eigenvalue weighted by Gasteiger charge is 2.39. The number of rotatable bonds is 2. The van der Waals surface area contributed by atoms with Crippen molar-refractivity contribution in [2.24, 2.45) is 0 Å². The Hall–Kier alpha value is -2.22. The van der Waals surface area contributed by atoms with Crippen LogP contribution in [0.5, 0.6) is 0 Å². The van der Waals surface area contributed by atoms with Crippen molar-refractivity contribution < 1.29 is 9.59 Å². The predicted octanol–water partition coefficient (Wildman–Crippen LogP) is -0.508. The van der Waals surface area contributed by atoms with Gasteiger partial charge in [0.05, 0.1) is 0 Å². The molecule has 0 aliphatic carbocycles. The van der Waals surface area contributed by atoms with E-state index in [0.29, 0.717) is 32.0 Å². The summed E-state index contributed by atoms with van der Waals surface area (Å²) in [5.41, 5.74) is -0.391. The second-order valence-electron chi connectivity index (χ2n) is 6.73. The number of aromatic nitrogens is 2. The van der Waals surface area contributed by atoms with Gasteiger partial charge < -0.3 is 14.8 Å². The number of nitrogens with zero attached hydrogens (tertiary/aromatic N) is 4. The highest BCUT2D eigenvalue weighted by atomic mass is 16.2. The Morgan fingerprint density at radius 1 is 1.25 bits per heavy atom. The number of carbonyl (C=O) groups excluding carboxylic acids is 2. The van der Waals surface area contributed by atoms with Crippen LogP contribution in [0.4, 0.5) is 0 Å². The number of piperazine rings is 2. The van der Waals surface area contributed by atoms with Crippen molar-refractivity contribution in [3.05, 3.63) is 27.9 Å². The largest absolute Gasteiger partial charge is 0.343 e. The van der Waals surface area contributed by atoms with Gasteiger partial charge in [0.2, 0.25) is 5.91 Å². The van der Waals surface area contributed by atoms with Crippen LogP contribution in [0.2, 0.25) is 0 Å². The molecule has 3 heterocycles. The Bertz CT molecular complexity index is 714. The quantitative estimate of drug-likeness (QED) is 0.787. The minimum atomic E-state index is -0.423. The molecule has 1 N–H and O–H groups in total. The van der Waals surface area contributed by atoms with Gasteiger partial charge in [0.15, 0.2) is 0 Å². The van der Waals surface area contributed by atoms with Crippen LogP contribution in [0.25, 0.3) is 0 Å². The molecule has 130 valence electrons. The molecule has 1 aromatic heterocycles. The van der Waals surface area contributed by atoms with Crippen LogP contribution >= 0.6 is 0 Å². The molecule has 2 fully saturated rings. The van der Waals surface area contributed by atoms with Crippen molar-refractivity contribution in [1.82, 2.24) is 24.7 Å². The lowest BCUT2D eigenvalue weighted by atomic mass is 10.1. The average Bonchev–Trinajstić information content (AvgIpc) is 2.57. The van der Waals surface area contributed by atoms with Gasteiger partial charge in [-0.2, -0.15) is 0 Å². The van der Waals surface area contributed by atoms with Gasteiger partial charge in [-0.1, -0.05) is 13.8 Å². The topological polar surface area (TPSA) is 89.6 Å². The number of hydrogen-bond donors (Lipinski definition) is 1. The molecule has 1 atom stereocenters. The summed E-state index contributed by atoms with van der Waals surface area (Å²) in [6, 6.07) is -0.316. The lowest BCUT2D eigenvalue weighted by Gasteiger charge is -2.45. The van der Waals surface area contributed by atoms with E-state index >= 15 is 0 Å². The highest BCUT2D eigenvalue weighted by Crippen LogP contribution is 2.17. The first-order valence-electron chi connectivity index (χ1n) is 8.26. The van der Waals surface area contributed by atoms with Crippen molar-refractivity contribution >= 4 is 11.8 Å². The zero-order valence-electron chi connectivity index (χ0n) is 14.3. The fourth-order valence-corrected chi connectivity index (χ4v) is 3.17. The smallest absolute Gasteiger partial charge is 0.263 e. The maximum atomic E-state index is 12.7. The Labute approximate surface area is 140 Å². The zero-order valence-corrected chi connectivity index (χ0v) is 14.3. The molecule has 0 aromatic carbocycles. The molecule has 24 heavy (non-hydrogen) atoms. The maximum absolute atomic E-state index is 12.7. The molecule has 0 saturated carbocycles. The van der Waals surface area contributed by atoms with Gasteiger partial charge >= 0.3 is 0 Å². The molecule has 2 amide bonds. The van der Waals surface area contributed by atoms with Crippen LogP contribution in [0, 0.1) is 0 Å². The molecular weight excluding hydrogens is 310 g/mol. The second-order valence-corrected chi connectivity index (χ2v) is 6.73. The number of likely N-dealkylation sites (N-methyl/N-ethyl adjacent to an activating group) is 1. The summed E-state index contributed by atoms with van der Waals surface area (Å²) in [7, 11) is 1.78. The molecule has 2 saturated heterocycles. The van der Waals surface area contributed by atoms with E-state index < -0.39 is 5.56 Å². The summed E-state index contributed by atoms with van der Waals surface area (Å²) in [5.74, 6) is 0.312. The van der Waals surface area contributed by atoms with Gasteiger partial charge in [0, 0.05) is 51.9 Å². The molecule has 2 aliphatic rings. The summed E-state index contributed by atoms with van der Waals surface area (Å²) in [4.78, 5) is 49.4. The molecule has 8 nitrogen and oxygen atoms in total. The first kappa shape index (κ1) is 16.6. The van der Waals surface area contributed by atoms with Crippen LogP contribution in [0.3, 0.4) is 0 Å². The summed E-state index contributed by atoms with van der Waals surface area (Å²) >= 11 is 0. The second kappa shape index (κ2) is 6.35. The molecule has 0 bridgehead atoms. The lowest BCUT2D eigenvalue weighted by Crippen LogP contribution is -2.64. The average molecular weight is 333 g/mol. The Morgan fingerprint density at radius 2 is 1.96 bits per heavy atom. The van der Waals surface area contributed by atoms with E-state index in [1.165, 1.54) is 6.20 Å². The molecule has 0 radical (unpaired) electrons. The standard InChI is InChI=1S/C16H23N5O3/c1-10(2)13-17-8-11(14(22)18-13)15(23)21-7-6-20-5-4-19(3)16(24)12(20)9-21/h8,10,12H,4-7,9H2,1-3H3,(H,17,18,22)/t12-/m0/s1. The number of nitrogens with one attached hydrogen (secondary N) is 1. The summed E-state index contributed by atoms with van der Waals surface area (Å²) < 4.78 is 0. The highest BCUT2D eigenvalue weighted by molar-refractivity contribution is 5.94. The van der Waals surface area contributed by atoms with Crippen LogP contribution in [0.15, 0.2) is 11.0 Å². The van der Waals surface area contributed by atoms with E-state index in [1.54, 1.807) is 16.8 Å². The molecule has 2 aliphatic heterocycles. The molecule has 0 spiro atoms. The van der Waals surface area contributed by atoms with E-state index in [-0.39, 0.29) is 29.3 Å². The van der Waals surface area contributed by atoms with Crippen molar-refractivity contribution in [1.29, 1.82) is 0 Å². The third-order valence-electron chi connectivity index (χ3n) is 4.76. The van der Waals surface area contributed by atoms with Gasteiger partial charge in [-0.25, -0.2) is 4.98 Å². The number of carbonyl (C=O) groups is 2. The third kappa shape index (κ3) is 2.93. The first-order chi connectivity index (χ1) is 11.4. The maximum Gasteiger partial charge on any atom is 0.263 e. The third-order valence-corrected chi connectivity index (χ3v) is 4.76. The van der Waals surface area contributed by atoms with E-state index in [1.807, 2.05) is 13.8 Å². The summed E-state index contributed by atoms with van der Waals surface area (Å²) in [6.07, 6.45) is 1.34. The summed E-state index contributed by atoms with van der Waals surface area (Å²) in [5, 5.41) is 0. The fraction of sp³-hybridized carbons (Fsp3) is 0.625.